The van der Waals surface area contributed by atoms with Gasteiger partial charge in [-0.25, -0.2) is 0 Å². The molecule has 1 unspecified atom stereocenters. The predicted octanol–water partition coefficient (Wildman–Crippen LogP) is 4.00. The Morgan fingerprint density at radius 1 is 0.964 bits per heavy atom. The van der Waals surface area contributed by atoms with E-state index in [0.717, 1.165) is 16.9 Å². The van der Waals surface area contributed by atoms with Crippen LogP contribution in [0.25, 0.3) is 0 Å². The second-order valence-corrected chi connectivity index (χ2v) is 6.71. The quantitative estimate of drug-likeness (QED) is 0.652. The van der Waals surface area contributed by atoms with Crippen molar-refractivity contribution in [3.63, 3.8) is 0 Å². The molecule has 0 radical (unpaired) electrons. The molecule has 3 aromatic rings. The van der Waals surface area contributed by atoms with Crippen molar-refractivity contribution in [3.05, 3.63) is 77.5 Å². The molecule has 1 amide bonds. The molecule has 1 heterocycles. The highest BCUT2D eigenvalue weighted by molar-refractivity contribution is 5.84. The number of aromatic nitrogens is 2. The van der Waals surface area contributed by atoms with Gasteiger partial charge in [-0.3, -0.25) is 4.79 Å². The molecule has 0 aliphatic carbocycles. The Kier molecular flexibility index (Phi) is 6.22. The number of aryl methyl sites for hydroxylation is 2. The van der Waals surface area contributed by atoms with Gasteiger partial charge in [0.25, 0.3) is 0 Å². The Labute approximate surface area is 165 Å². The third-order valence-electron chi connectivity index (χ3n) is 4.21. The highest BCUT2D eigenvalue weighted by Gasteiger charge is 2.12. The van der Waals surface area contributed by atoms with Crippen molar-refractivity contribution in [2.45, 2.75) is 33.4 Å². The topological polar surface area (TPSA) is 76.1 Å². The van der Waals surface area contributed by atoms with E-state index in [2.05, 4.69) is 20.8 Å². The molecule has 0 spiro atoms. The van der Waals surface area contributed by atoms with Gasteiger partial charge in [-0.2, -0.15) is 5.10 Å². The van der Waals surface area contributed by atoms with Crippen LogP contribution in [-0.2, 0) is 11.3 Å². The Bertz CT molecular complexity index is 907. The first-order valence-corrected chi connectivity index (χ1v) is 9.17. The number of hydrogen-bond acceptors (Lipinski definition) is 5. The zero-order chi connectivity index (χ0) is 19.9. The Balaban J connectivity index is 1.50. The van der Waals surface area contributed by atoms with Crippen molar-refractivity contribution in [2.75, 3.05) is 5.32 Å². The SMILES string of the molecule is Cc1ccc(CNC(=O)C(C)Nc2ccc(Oc3ccc(C)nn3)cc2)cc1. The molecular formula is C22H24N4O2. The average Bonchev–Trinajstić information content (AvgIpc) is 2.70. The summed E-state index contributed by atoms with van der Waals surface area (Å²) in [6, 6.07) is 18.7. The second-order valence-electron chi connectivity index (χ2n) is 6.71. The van der Waals surface area contributed by atoms with E-state index in [1.54, 1.807) is 6.07 Å². The molecule has 3 rings (SSSR count). The van der Waals surface area contributed by atoms with Crippen molar-refractivity contribution in [3.8, 4) is 11.6 Å². The van der Waals surface area contributed by atoms with E-state index in [1.165, 1.54) is 5.56 Å². The fraction of sp³-hybridized carbons (Fsp3) is 0.227. The number of carbonyl (C=O) groups excluding carboxylic acids is 1. The van der Waals surface area contributed by atoms with Gasteiger partial charge in [-0.05, 0) is 56.7 Å². The maximum Gasteiger partial charge on any atom is 0.242 e. The first-order chi connectivity index (χ1) is 13.5. The summed E-state index contributed by atoms with van der Waals surface area (Å²) >= 11 is 0. The molecule has 2 N–H and O–H groups in total. The minimum Gasteiger partial charge on any atom is -0.438 e. The van der Waals surface area contributed by atoms with Gasteiger partial charge in [-0.1, -0.05) is 29.8 Å². The number of nitrogens with one attached hydrogen (secondary N) is 2. The number of carbonyl (C=O) groups is 1. The smallest absolute Gasteiger partial charge is 0.242 e. The largest absolute Gasteiger partial charge is 0.438 e. The lowest BCUT2D eigenvalue weighted by molar-refractivity contribution is -0.121. The highest BCUT2D eigenvalue weighted by Crippen LogP contribution is 2.21. The molecule has 28 heavy (non-hydrogen) atoms. The summed E-state index contributed by atoms with van der Waals surface area (Å²) in [6.45, 7) is 6.25. The van der Waals surface area contributed by atoms with Crippen LogP contribution >= 0.6 is 0 Å². The lowest BCUT2D eigenvalue weighted by Gasteiger charge is -2.16. The van der Waals surface area contributed by atoms with E-state index in [-0.39, 0.29) is 11.9 Å². The fourth-order valence-corrected chi connectivity index (χ4v) is 2.54. The number of rotatable bonds is 7. The molecular weight excluding hydrogens is 352 g/mol. The number of benzene rings is 2. The summed E-state index contributed by atoms with van der Waals surface area (Å²) in [4.78, 5) is 12.3. The Morgan fingerprint density at radius 2 is 1.68 bits per heavy atom. The maximum atomic E-state index is 12.3. The molecule has 1 atom stereocenters. The molecule has 0 saturated heterocycles. The van der Waals surface area contributed by atoms with Crippen LogP contribution in [0.2, 0.25) is 0 Å². The summed E-state index contributed by atoms with van der Waals surface area (Å²) < 4.78 is 5.66. The minimum atomic E-state index is -0.361. The molecule has 0 aliphatic rings. The molecule has 6 nitrogen and oxygen atoms in total. The standard InChI is InChI=1S/C22H24N4O2/c1-15-4-7-18(8-5-15)14-23-22(27)17(3)24-19-9-11-20(12-10-19)28-21-13-6-16(2)25-26-21/h4-13,17,24H,14H2,1-3H3,(H,23,27). The zero-order valence-electron chi connectivity index (χ0n) is 16.3. The second kappa shape index (κ2) is 8.99. The van der Waals surface area contributed by atoms with E-state index in [9.17, 15) is 4.79 Å². The van der Waals surface area contributed by atoms with Crippen LogP contribution in [0, 0.1) is 13.8 Å². The van der Waals surface area contributed by atoms with Crippen molar-refractivity contribution in [1.82, 2.24) is 15.5 Å². The molecule has 0 bridgehead atoms. The summed E-state index contributed by atoms with van der Waals surface area (Å²) in [5.74, 6) is 1.03. The van der Waals surface area contributed by atoms with Crippen LogP contribution in [0.3, 0.4) is 0 Å². The van der Waals surface area contributed by atoms with Gasteiger partial charge < -0.3 is 15.4 Å². The summed E-state index contributed by atoms with van der Waals surface area (Å²) in [6.07, 6.45) is 0. The van der Waals surface area contributed by atoms with Crippen LogP contribution in [0.4, 0.5) is 5.69 Å². The average molecular weight is 376 g/mol. The van der Waals surface area contributed by atoms with Crippen molar-refractivity contribution >= 4 is 11.6 Å². The molecule has 2 aromatic carbocycles. The summed E-state index contributed by atoms with van der Waals surface area (Å²) in [7, 11) is 0. The predicted molar refractivity (Wildman–Crippen MR) is 109 cm³/mol. The molecule has 0 aliphatic heterocycles. The van der Waals surface area contributed by atoms with Gasteiger partial charge in [0, 0.05) is 18.3 Å². The third kappa shape index (κ3) is 5.54. The molecule has 0 fully saturated rings. The van der Waals surface area contributed by atoms with E-state index in [4.69, 9.17) is 4.74 Å². The van der Waals surface area contributed by atoms with Crippen LogP contribution in [0.15, 0.2) is 60.7 Å². The normalized spacial score (nSPS) is 11.5. The monoisotopic (exact) mass is 376 g/mol. The summed E-state index contributed by atoms with van der Waals surface area (Å²) in [5, 5.41) is 14.1. The van der Waals surface area contributed by atoms with Crippen LogP contribution in [0.5, 0.6) is 11.6 Å². The lowest BCUT2D eigenvalue weighted by atomic mass is 10.1. The Morgan fingerprint density at radius 3 is 2.32 bits per heavy atom. The number of amides is 1. The molecule has 1 aromatic heterocycles. The number of nitrogens with zero attached hydrogens (tertiary/aromatic N) is 2. The molecule has 144 valence electrons. The van der Waals surface area contributed by atoms with Gasteiger partial charge in [-0.15, -0.1) is 5.10 Å². The van der Waals surface area contributed by atoms with Crippen molar-refractivity contribution in [2.24, 2.45) is 0 Å². The Hall–Kier alpha value is -3.41. The van der Waals surface area contributed by atoms with Gasteiger partial charge in [0.2, 0.25) is 11.8 Å². The third-order valence-corrected chi connectivity index (χ3v) is 4.21. The number of hydrogen-bond donors (Lipinski definition) is 2. The van der Waals surface area contributed by atoms with Gasteiger partial charge in [0.05, 0.1) is 5.69 Å². The van der Waals surface area contributed by atoms with E-state index in [0.29, 0.717) is 18.2 Å². The minimum absolute atomic E-state index is 0.0594. The van der Waals surface area contributed by atoms with Crippen LogP contribution in [0.1, 0.15) is 23.7 Å². The fourth-order valence-electron chi connectivity index (χ4n) is 2.54. The number of ether oxygens (including phenoxy) is 1. The summed E-state index contributed by atoms with van der Waals surface area (Å²) in [5.41, 5.74) is 3.95. The number of anilines is 1. The van der Waals surface area contributed by atoms with E-state index >= 15 is 0 Å². The first kappa shape index (κ1) is 19.4. The van der Waals surface area contributed by atoms with Crippen molar-refractivity contribution < 1.29 is 9.53 Å². The van der Waals surface area contributed by atoms with Gasteiger partial charge in [0.15, 0.2) is 0 Å². The van der Waals surface area contributed by atoms with Crippen LogP contribution in [-0.4, -0.2) is 22.1 Å². The van der Waals surface area contributed by atoms with Crippen molar-refractivity contribution in [1.29, 1.82) is 0 Å². The molecule has 0 saturated carbocycles. The van der Waals surface area contributed by atoms with Crippen LogP contribution < -0.4 is 15.4 Å². The maximum absolute atomic E-state index is 12.3. The van der Waals surface area contributed by atoms with E-state index < -0.39 is 0 Å². The highest BCUT2D eigenvalue weighted by atomic mass is 16.5. The van der Waals surface area contributed by atoms with Gasteiger partial charge >= 0.3 is 0 Å². The first-order valence-electron chi connectivity index (χ1n) is 9.17. The van der Waals surface area contributed by atoms with Gasteiger partial charge in [0.1, 0.15) is 11.8 Å². The zero-order valence-corrected chi connectivity index (χ0v) is 16.3. The molecule has 6 heteroatoms. The lowest BCUT2D eigenvalue weighted by Crippen LogP contribution is -2.37. The van der Waals surface area contributed by atoms with E-state index in [1.807, 2.05) is 75.4 Å².